The van der Waals surface area contributed by atoms with Crippen LogP contribution in [0.4, 0.5) is 5.95 Å². The van der Waals surface area contributed by atoms with Crippen molar-refractivity contribution < 1.29 is 14.6 Å². The van der Waals surface area contributed by atoms with Gasteiger partial charge in [0.25, 0.3) is 0 Å². The molecule has 0 spiro atoms. The summed E-state index contributed by atoms with van der Waals surface area (Å²) in [6.45, 7) is 2.77. The minimum atomic E-state index is 0.247. The summed E-state index contributed by atoms with van der Waals surface area (Å²) in [6.07, 6.45) is 5.54. The van der Waals surface area contributed by atoms with Crippen LogP contribution in [0.5, 0.6) is 11.8 Å². The molecule has 2 aromatic carbocycles. The summed E-state index contributed by atoms with van der Waals surface area (Å²) in [4.78, 5) is 16.1. The molecule has 7 heteroatoms. The highest BCUT2D eigenvalue weighted by Crippen LogP contribution is 2.31. The second-order valence-electron chi connectivity index (χ2n) is 8.94. The quantitative estimate of drug-likeness (QED) is 0.363. The molecule has 0 amide bonds. The van der Waals surface area contributed by atoms with E-state index in [1.165, 1.54) is 0 Å². The molecule has 36 heavy (non-hydrogen) atoms. The second kappa shape index (κ2) is 11.6. The number of pyridine rings is 1. The van der Waals surface area contributed by atoms with Crippen molar-refractivity contribution in [3.8, 4) is 22.9 Å². The van der Waals surface area contributed by atoms with Crippen molar-refractivity contribution in [3.63, 3.8) is 0 Å². The molecule has 5 rings (SSSR count). The number of benzene rings is 2. The molecule has 1 aliphatic rings. The highest BCUT2D eigenvalue weighted by molar-refractivity contribution is 5.68. The smallest absolute Gasteiger partial charge is 0.225 e. The fourth-order valence-corrected chi connectivity index (χ4v) is 4.23. The summed E-state index contributed by atoms with van der Waals surface area (Å²) in [5.74, 6) is 2.05. The first kappa shape index (κ1) is 23.8. The number of aliphatic hydroxyl groups is 1. The van der Waals surface area contributed by atoms with Crippen LogP contribution in [0.15, 0.2) is 85.2 Å². The van der Waals surface area contributed by atoms with Gasteiger partial charge in [-0.05, 0) is 36.0 Å². The fraction of sp³-hybridized carbons (Fsp3) is 0.276. The fourth-order valence-electron chi connectivity index (χ4n) is 4.23. The molecule has 4 aromatic rings. The van der Waals surface area contributed by atoms with Crippen molar-refractivity contribution in [2.75, 3.05) is 24.6 Å². The van der Waals surface area contributed by atoms with Gasteiger partial charge in [0.15, 0.2) is 0 Å². The topological polar surface area (TPSA) is 80.6 Å². The summed E-state index contributed by atoms with van der Waals surface area (Å²) in [6, 6.07) is 23.8. The number of aromatic nitrogens is 3. The zero-order valence-corrected chi connectivity index (χ0v) is 20.2. The number of anilines is 1. The van der Waals surface area contributed by atoms with E-state index in [4.69, 9.17) is 9.47 Å². The molecule has 1 saturated heterocycles. The van der Waals surface area contributed by atoms with Gasteiger partial charge in [-0.1, -0.05) is 60.7 Å². The predicted molar refractivity (Wildman–Crippen MR) is 139 cm³/mol. The van der Waals surface area contributed by atoms with E-state index in [-0.39, 0.29) is 6.61 Å². The van der Waals surface area contributed by atoms with Crippen molar-refractivity contribution in [2.24, 2.45) is 5.92 Å². The van der Waals surface area contributed by atoms with E-state index in [1.807, 2.05) is 85.2 Å². The highest BCUT2D eigenvalue weighted by atomic mass is 16.5. The van der Waals surface area contributed by atoms with Crippen LogP contribution in [-0.4, -0.2) is 39.8 Å². The minimum Gasteiger partial charge on any atom is -0.473 e. The van der Waals surface area contributed by atoms with E-state index in [0.717, 1.165) is 48.2 Å². The predicted octanol–water partition coefficient (Wildman–Crippen LogP) is 4.91. The molecule has 0 atom stereocenters. The van der Waals surface area contributed by atoms with Crippen LogP contribution in [0.3, 0.4) is 0 Å². The van der Waals surface area contributed by atoms with Gasteiger partial charge in [0.1, 0.15) is 13.2 Å². The third-order valence-electron chi connectivity index (χ3n) is 6.39. The zero-order valence-electron chi connectivity index (χ0n) is 20.2. The van der Waals surface area contributed by atoms with Crippen molar-refractivity contribution in [1.29, 1.82) is 0 Å². The van der Waals surface area contributed by atoms with Crippen LogP contribution in [0.2, 0.25) is 0 Å². The number of piperidine rings is 1. The van der Waals surface area contributed by atoms with E-state index >= 15 is 0 Å². The number of aliphatic hydroxyl groups excluding tert-OH is 1. The average molecular weight is 483 g/mol. The number of ether oxygens (including phenoxy) is 2. The number of nitrogens with zero attached hydrogens (tertiary/aromatic N) is 4. The first-order chi connectivity index (χ1) is 17.8. The Morgan fingerprint density at radius 1 is 0.778 bits per heavy atom. The van der Waals surface area contributed by atoms with Crippen LogP contribution in [-0.2, 0) is 13.2 Å². The lowest BCUT2D eigenvalue weighted by Crippen LogP contribution is -2.35. The van der Waals surface area contributed by atoms with Gasteiger partial charge in [-0.25, -0.2) is 9.97 Å². The molecule has 7 nitrogen and oxygen atoms in total. The van der Waals surface area contributed by atoms with Gasteiger partial charge in [-0.15, -0.1) is 0 Å². The molecule has 2 aromatic heterocycles. The highest BCUT2D eigenvalue weighted by Gasteiger charge is 2.20. The van der Waals surface area contributed by atoms with Crippen LogP contribution in [0.25, 0.3) is 11.1 Å². The normalized spacial score (nSPS) is 14.0. The van der Waals surface area contributed by atoms with E-state index in [9.17, 15) is 5.11 Å². The summed E-state index contributed by atoms with van der Waals surface area (Å²) in [7, 11) is 0. The summed E-state index contributed by atoms with van der Waals surface area (Å²) < 4.78 is 12.1. The van der Waals surface area contributed by atoms with Gasteiger partial charge in [0, 0.05) is 49.3 Å². The van der Waals surface area contributed by atoms with E-state index in [1.54, 1.807) is 0 Å². The maximum absolute atomic E-state index is 9.39. The molecular weight excluding hydrogens is 452 g/mol. The largest absolute Gasteiger partial charge is 0.473 e. The SMILES string of the molecule is OCC1CCN(c2ncc(-c3ccc(OCc4ccccc4)nc3OCc3ccccc3)cn2)CC1. The lowest BCUT2D eigenvalue weighted by Gasteiger charge is -2.31. The molecular formula is C29H30N4O3. The Morgan fingerprint density at radius 2 is 1.39 bits per heavy atom. The number of rotatable bonds is 9. The Balaban J connectivity index is 1.35. The van der Waals surface area contributed by atoms with E-state index in [2.05, 4.69) is 19.9 Å². The van der Waals surface area contributed by atoms with Crippen LogP contribution >= 0.6 is 0 Å². The first-order valence-corrected chi connectivity index (χ1v) is 12.3. The number of hydrogen-bond acceptors (Lipinski definition) is 7. The lowest BCUT2D eigenvalue weighted by molar-refractivity contribution is 0.202. The molecule has 0 saturated carbocycles. The monoisotopic (exact) mass is 482 g/mol. The van der Waals surface area contributed by atoms with Gasteiger partial charge in [-0.3, -0.25) is 0 Å². The Bertz CT molecular complexity index is 1230. The molecule has 0 bridgehead atoms. The second-order valence-corrected chi connectivity index (χ2v) is 8.94. The standard InChI is InChI=1S/C29H30N4O3/c34-19-22-13-15-33(16-14-22)29-30-17-25(18-31-29)26-11-12-27(35-20-23-7-3-1-4-8-23)32-28(26)36-21-24-9-5-2-6-10-24/h1-12,17-18,22,34H,13-16,19-21H2. The minimum absolute atomic E-state index is 0.247. The van der Waals surface area contributed by atoms with Crippen molar-refractivity contribution in [2.45, 2.75) is 26.1 Å². The zero-order chi connectivity index (χ0) is 24.6. The van der Waals surface area contributed by atoms with Gasteiger partial charge >= 0.3 is 0 Å². The van der Waals surface area contributed by atoms with Crippen molar-refractivity contribution >= 4 is 5.95 Å². The van der Waals surface area contributed by atoms with Crippen molar-refractivity contribution in [1.82, 2.24) is 15.0 Å². The molecule has 3 heterocycles. The van der Waals surface area contributed by atoms with Crippen LogP contribution in [0.1, 0.15) is 24.0 Å². The van der Waals surface area contributed by atoms with E-state index < -0.39 is 0 Å². The molecule has 184 valence electrons. The third-order valence-corrected chi connectivity index (χ3v) is 6.39. The van der Waals surface area contributed by atoms with Gasteiger partial charge < -0.3 is 19.5 Å². The van der Waals surface area contributed by atoms with Gasteiger partial charge in [0.2, 0.25) is 17.7 Å². The Kier molecular flexibility index (Phi) is 7.68. The first-order valence-electron chi connectivity index (χ1n) is 12.3. The Labute approximate surface area is 211 Å². The molecule has 0 unspecified atom stereocenters. The summed E-state index contributed by atoms with van der Waals surface area (Å²) in [5.41, 5.74) is 3.76. The summed E-state index contributed by atoms with van der Waals surface area (Å²) in [5, 5.41) is 9.39. The molecule has 1 fully saturated rings. The van der Waals surface area contributed by atoms with Crippen LogP contribution in [0, 0.1) is 5.92 Å². The molecule has 1 N–H and O–H groups in total. The Hall–Kier alpha value is -3.97. The summed E-state index contributed by atoms with van der Waals surface area (Å²) >= 11 is 0. The molecule has 0 aliphatic carbocycles. The molecule has 0 radical (unpaired) electrons. The van der Waals surface area contributed by atoms with E-state index in [0.29, 0.717) is 36.8 Å². The maximum atomic E-state index is 9.39. The van der Waals surface area contributed by atoms with Crippen molar-refractivity contribution in [3.05, 3.63) is 96.3 Å². The Morgan fingerprint density at radius 3 is 2.00 bits per heavy atom. The van der Waals surface area contributed by atoms with Gasteiger partial charge in [-0.2, -0.15) is 4.98 Å². The maximum Gasteiger partial charge on any atom is 0.225 e. The third kappa shape index (κ3) is 5.98. The molecule has 1 aliphatic heterocycles. The lowest BCUT2D eigenvalue weighted by atomic mass is 9.98. The van der Waals surface area contributed by atoms with Gasteiger partial charge in [0.05, 0.1) is 0 Å². The van der Waals surface area contributed by atoms with Crippen LogP contribution < -0.4 is 14.4 Å². The number of hydrogen-bond donors (Lipinski definition) is 1. The average Bonchev–Trinajstić information content (AvgIpc) is 2.96.